The topological polar surface area (TPSA) is 68.3 Å². The zero-order valence-corrected chi connectivity index (χ0v) is 11.0. The molecule has 1 heterocycles. The Morgan fingerprint density at radius 1 is 1.15 bits per heavy atom. The number of amides is 1. The Hall–Kier alpha value is -2.69. The van der Waals surface area contributed by atoms with Gasteiger partial charge in [0.05, 0.1) is 18.2 Å². The molecule has 2 aromatic rings. The SMILES string of the molecule is COC(=O)c1ccc(CNC(=O)c2cccnc2)cc1. The van der Waals surface area contributed by atoms with Gasteiger partial charge in [-0.05, 0) is 29.8 Å². The van der Waals surface area contributed by atoms with Crippen LogP contribution >= 0.6 is 0 Å². The molecule has 0 spiro atoms. The molecule has 0 atom stereocenters. The molecule has 0 aliphatic heterocycles. The predicted molar refractivity (Wildman–Crippen MR) is 73.2 cm³/mol. The average molecular weight is 270 g/mol. The van der Waals surface area contributed by atoms with Crippen LogP contribution in [0, 0.1) is 0 Å². The van der Waals surface area contributed by atoms with Crippen LogP contribution < -0.4 is 5.32 Å². The van der Waals surface area contributed by atoms with Gasteiger partial charge < -0.3 is 10.1 Å². The number of aromatic nitrogens is 1. The predicted octanol–water partition coefficient (Wildman–Crippen LogP) is 1.80. The lowest BCUT2D eigenvalue weighted by Gasteiger charge is -2.06. The molecule has 1 aromatic carbocycles. The molecule has 2 rings (SSSR count). The summed E-state index contributed by atoms with van der Waals surface area (Å²) in [6.07, 6.45) is 3.12. The molecule has 0 saturated carbocycles. The molecule has 1 N–H and O–H groups in total. The first-order valence-electron chi connectivity index (χ1n) is 6.06. The molecular formula is C15H14N2O3. The van der Waals surface area contributed by atoms with Crippen molar-refractivity contribution in [2.75, 3.05) is 7.11 Å². The molecule has 0 bridgehead atoms. The Labute approximate surface area is 116 Å². The first kappa shape index (κ1) is 13.7. The Morgan fingerprint density at radius 3 is 2.50 bits per heavy atom. The highest BCUT2D eigenvalue weighted by Gasteiger charge is 2.06. The van der Waals surface area contributed by atoms with E-state index in [0.717, 1.165) is 5.56 Å². The summed E-state index contributed by atoms with van der Waals surface area (Å²) in [5, 5.41) is 2.78. The smallest absolute Gasteiger partial charge is 0.337 e. The van der Waals surface area contributed by atoms with Gasteiger partial charge >= 0.3 is 5.97 Å². The maximum atomic E-state index is 11.8. The molecule has 0 aliphatic rings. The average Bonchev–Trinajstić information content (AvgIpc) is 2.53. The fourth-order valence-electron chi connectivity index (χ4n) is 1.66. The van der Waals surface area contributed by atoms with E-state index in [1.165, 1.54) is 13.3 Å². The third kappa shape index (κ3) is 3.41. The number of carbonyl (C=O) groups excluding carboxylic acids is 2. The molecule has 20 heavy (non-hydrogen) atoms. The number of ether oxygens (including phenoxy) is 1. The van der Waals surface area contributed by atoms with Crippen molar-refractivity contribution in [2.24, 2.45) is 0 Å². The number of hydrogen-bond donors (Lipinski definition) is 1. The van der Waals surface area contributed by atoms with Crippen LogP contribution in [0.2, 0.25) is 0 Å². The highest BCUT2D eigenvalue weighted by molar-refractivity contribution is 5.93. The van der Waals surface area contributed by atoms with Crippen molar-refractivity contribution >= 4 is 11.9 Å². The van der Waals surface area contributed by atoms with E-state index in [1.54, 1.807) is 42.6 Å². The number of benzene rings is 1. The number of nitrogens with zero attached hydrogens (tertiary/aromatic N) is 1. The number of rotatable bonds is 4. The van der Waals surface area contributed by atoms with Crippen LogP contribution in [0.4, 0.5) is 0 Å². The third-order valence-electron chi connectivity index (χ3n) is 2.75. The summed E-state index contributed by atoms with van der Waals surface area (Å²) in [5.41, 5.74) is 1.89. The van der Waals surface area contributed by atoms with E-state index in [1.807, 2.05) is 0 Å². The van der Waals surface area contributed by atoms with Gasteiger partial charge in [0.1, 0.15) is 0 Å². The van der Waals surface area contributed by atoms with Gasteiger partial charge in [0, 0.05) is 18.9 Å². The van der Waals surface area contributed by atoms with Crippen molar-refractivity contribution in [3.8, 4) is 0 Å². The molecular weight excluding hydrogens is 256 g/mol. The molecule has 1 amide bonds. The van der Waals surface area contributed by atoms with E-state index < -0.39 is 0 Å². The lowest BCUT2D eigenvalue weighted by molar-refractivity contribution is 0.0600. The van der Waals surface area contributed by atoms with E-state index in [2.05, 4.69) is 15.0 Å². The summed E-state index contributed by atoms with van der Waals surface area (Å²) in [6, 6.07) is 10.3. The number of hydrogen-bond acceptors (Lipinski definition) is 4. The van der Waals surface area contributed by atoms with Crippen LogP contribution in [-0.4, -0.2) is 24.0 Å². The number of esters is 1. The molecule has 1 aromatic heterocycles. The highest BCUT2D eigenvalue weighted by Crippen LogP contribution is 2.06. The number of methoxy groups -OCH3 is 1. The lowest BCUT2D eigenvalue weighted by atomic mass is 10.1. The minimum Gasteiger partial charge on any atom is -0.465 e. The molecule has 5 nitrogen and oxygen atoms in total. The first-order valence-corrected chi connectivity index (χ1v) is 6.06. The number of pyridine rings is 1. The van der Waals surface area contributed by atoms with Crippen molar-refractivity contribution in [3.63, 3.8) is 0 Å². The largest absolute Gasteiger partial charge is 0.465 e. The Kier molecular flexibility index (Phi) is 4.44. The molecule has 0 saturated heterocycles. The second-order valence-electron chi connectivity index (χ2n) is 4.11. The maximum absolute atomic E-state index is 11.8. The Balaban J connectivity index is 1.94. The standard InChI is InChI=1S/C15H14N2O3/c1-20-15(19)12-6-4-11(5-7-12)9-17-14(18)13-3-2-8-16-10-13/h2-8,10H,9H2,1H3,(H,17,18). The molecule has 0 aliphatic carbocycles. The maximum Gasteiger partial charge on any atom is 0.337 e. The third-order valence-corrected chi connectivity index (χ3v) is 2.75. The molecule has 102 valence electrons. The normalized spacial score (nSPS) is 9.85. The van der Waals surface area contributed by atoms with Crippen molar-refractivity contribution in [2.45, 2.75) is 6.54 Å². The fourth-order valence-corrected chi connectivity index (χ4v) is 1.66. The minimum atomic E-state index is -0.379. The summed E-state index contributed by atoms with van der Waals surface area (Å²) in [5.74, 6) is -0.564. The summed E-state index contributed by atoms with van der Waals surface area (Å²) in [7, 11) is 1.34. The van der Waals surface area contributed by atoms with E-state index in [-0.39, 0.29) is 11.9 Å². The molecule has 0 fully saturated rings. The Morgan fingerprint density at radius 2 is 1.90 bits per heavy atom. The zero-order valence-electron chi connectivity index (χ0n) is 11.0. The van der Waals surface area contributed by atoms with Crippen molar-refractivity contribution in [1.29, 1.82) is 0 Å². The summed E-state index contributed by atoms with van der Waals surface area (Å²) >= 11 is 0. The van der Waals surface area contributed by atoms with Crippen molar-refractivity contribution in [3.05, 3.63) is 65.5 Å². The van der Waals surface area contributed by atoms with E-state index in [9.17, 15) is 9.59 Å². The number of carbonyl (C=O) groups is 2. The summed E-state index contributed by atoms with van der Waals surface area (Å²) in [6.45, 7) is 0.384. The van der Waals surface area contributed by atoms with Gasteiger partial charge in [-0.2, -0.15) is 0 Å². The quantitative estimate of drug-likeness (QED) is 0.860. The van der Waals surface area contributed by atoms with Crippen LogP contribution in [0.3, 0.4) is 0 Å². The van der Waals surface area contributed by atoms with Gasteiger partial charge in [0.25, 0.3) is 5.91 Å². The lowest BCUT2D eigenvalue weighted by Crippen LogP contribution is -2.22. The summed E-state index contributed by atoms with van der Waals surface area (Å²) < 4.78 is 4.62. The van der Waals surface area contributed by atoms with E-state index in [4.69, 9.17) is 0 Å². The van der Waals surface area contributed by atoms with E-state index >= 15 is 0 Å². The molecule has 0 radical (unpaired) electrons. The highest BCUT2D eigenvalue weighted by atomic mass is 16.5. The van der Waals surface area contributed by atoms with E-state index in [0.29, 0.717) is 17.7 Å². The van der Waals surface area contributed by atoms with Gasteiger partial charge in [-0.25, -0.2) is 4.79 Å². The van der Waals surface area contributed by atoms with Crippen molar-refractivity contribution < 1.29 is 14.3 Å². The fraction of sp³-hybridized carbons (Fsp3) is 0.133. The number of nitrogens with one attached hydrogen (secondary N) is 1. The van der Waals surface area contributed by atoms with Crippen LogP contribution in [0.1, 0.15) is 26.3 Å². The van der Waals surface area contributed by atoms with Gasteiger partial charge in [0.2, 0.25) is 0 Å². The van der Waals surface area contributed by atoms with Gasteiger partial charge in [0.15, 0.2) is 0 Å². The monoisotopic (exact) mass is 270 g/mol. The zero-order chi connectivity index (χ0) is 14.4. The van der Waals surface area contributed by atoms with Crippen LogP contribution in [0.15, 0.2) is 48.8 Å². The summed E-state index contributed by atoms with van der Waals surface area (Å²) in [4.78, 5) is 27.0. The van der Waals surface area contributed by atoms with Crippen LogP contribution in [0.25, 0.3) is 0 Å². The van der Waals surface area contributed by atoms with Gasteiger partial charge in [-0.3, -0.25) is 9.78 Å². The van der Waals surface area contributed by atoms with Crippen LogP contribution in [-0.2, 0) is 11.3 Å². The first-order chi connectivity index (χ1) is 9.70. The second-order valence-corrected chi connectivity index (χ2v) is 4.11. The van der Waals surface area contributed by atoms with Crippen LogP contribution in [0.5, 0.6) is 0 Å². The van der Waals surface area contributed by atoms with Crippen molar-refractivity contribution in [1.82, 2.24) is 10.3 Å². The molecule has 0 unspecified atom stereocenters. The molecule has 5 heteroatoms. The van der Waals surface area contributed by atoms with Gasteiger partial charge in [-0.15, -0.1) is 0 Å². The minimum absolute atomic E-state index is 0.185. The second kappa shape index (κ2) is 6.47. The Bertz CT molecular complexity index is 594. The van der Waals surface area contributed by atoms with Gasteiger partial charge in [-0.1, -0.05) is 12.1 Å².